The molecule has 1 atom stereocenters. The maximum absolute atomic E-state index is 13.3. The van der Waals surface area contributed by atoms with Crippen LogP contribution in [0.1, 0.15) is 16.7 Å². The Morgan fingerprint density at radius 1 is 1.10 bits per heavy atom. The molecule has 0 amide bonds. The number of hydrogen-bond donors (Lipinski definition) is 1. The number of benzene rings is 2. The quantitative estimate of drug-likeness (QED) is 0.907. The molecule has 3 heteroatoms. The van der Waals surface area contributed by atoms with Gasteiger partial charge in [-0.3, -0.25) is 0 Å². The van der Waals surface area contributed by atoms with Gasteiger partial charge >= 0.3 is 0 Å². The molecule has 0 radical (unpaired) electrons. The van der Waals surface area contributed by atoms with Gasteiger partial charge in [-0.25, -0.2) is 4.39 Å². The highest BCUT2D eigenvalue weighted by Crippen LogP contribution is 2.20. The van der Waals surface area contributed by atoms with Crippen molar-refractivity contribution < 1.29 is 9.13 Å². The number of ether oxygens (including phenoxy) is 1. The van der Waals surface area contributed by atoms with Crippen LogP contribution in [0.15, 0.2) is 42.5 Å². The zero-order chi connectivity index (χ0) is 14.5. The summed E-state index contributed by atoms with van der Waals surface area (Å²) in [4.78, 5) is 0. The maximum atomic E-state index is 13.3. The molecule has 106 valence electrons. The highest BCUT2D eigenvalue weighted by atomic mass is 19.1. The minimum absolute atomic E-state index is 0.0631. The minimum Gasteiger partial charge on any atom is -0.496 e. The molecule has 20 heavy (non-hydrogen) atoms. The summed E-state index contributed by atoms with van der Waals surface area (Å²) in [5.74, 6) is 0.633. The molecule has 0 aromatic heterocycles. The molecule has 0 aliphatic heterocycles. The van der Waals surface area contributed by atoms with Crippen LogP contribution in [-0.2, 0) is 12.8 Å². The lowest BCUT2D eigenvalue weighted by Crippen LogP contribution is -2.26. The van der Waals surface area contributed by atoms with Crippen LogP contribution >= 0.6 is 0 Å². The monoisotopic (exact) mass is 273 g/mol. The smallest absolute Gasteiger partial charge is 0.123 e. The van der Waals surface area contributed by atoms with Gasteiger partial charge < -0.3 is 10.5 Å². The molecular formula is C17H20FNO. The van der Waals surface area contributed by atoms with Crippen molar-refractivity contribution in [2.24, 2.45) is 5.73 Å². The van der Waals surface area contributed by atoms with E-state index in [2.05, 4.69) is 0 Å². The van der Waals surface area contributed by atoms with E-state index < -0.39 is 0 Å². The topological polar surface area (TPSA) is 35.2 Å². The molecule has 0 heterocycles. The van der Waals surface area contributed by atoms with E-state index in [0.717, 1.165) is 22.4 Å². The van der Waals surface area contributed by atoms with Crippen LogP contribution < -0.4 is 10.5 Å². The molecule has 2 N–H and O–H groups in total. The van der Waals surface area contributed by atoms with Gasteiger partial charge in [0, 0.05) is 6.04 Å². The van der Waals surface area contributed by atoms with Crippen LogP contribution in [0.5, 0.6) is 5.75 Å². The fourth-order valence-corrected chi connectivity index (χ4v) is 2.37. The second-order valence-corrected chi connectivity index (χ2v) is 5.05. The first-order valence-corrected chi connectivity index (χ1v) is 6.72. The second kappa shape index (κ2) is 6.53. The molecule has 0 aliphatic rings. The molecule has 1 unspecified atom stereocenters. The van der Waals surface area contributed by atoms with Crippen LogP contribution in [0.2, 0.25) is 0 Å². The van der Waals surface area contributed by atoms with Gasteiger partial charge in [0.05, 0.1) is 7.11 Å². The Morgan fingerprint density at radius 2 is 1.80 bits per heavy atom. The molecule has 0 fully saturated rings. The van der Waals surface area contributed by atoms with E-state index in [0.29, 0.717) is 12.8 Å². The third-order valence-electron chi connectivity index (χ3n) is 3.47. The van der Waals surface area contributed by atoms with Gasteiger partial charge in [0.25, 0.3) is 0 Å². The first-order chi connectivity index (χ1) is 9.60. The Labute approximate surface area is 119 Å². The van der Waals surface area contributed by atoms with Crippen LogP contribution in [0.4, 0.5) is 4.39 Å². The number of hydrogen-bond acceptors (Lipinski definition) is 2. The third-order valence-corrected chi connectivity index (χ3v) is 3.47. The summed E-state index contributed by atoms with van der Waals surface area (Å²) < 4.78 is 18.6. The van der Waals surface area contributed by atoms with Crippen molar-refractivity contribution in [1.29, 1.82) is 0 Å². The van der Waals surface area contributed by atoms with Crippen molar-refractivity contribution in [1.82, 2.24) is 0 Å². The molecule has 2 aromatic rings. The summed E-state index contributed by atoms with van der Waals surface area (Å²) in [5.41, 5.74) is 9.32. The number of rotatable bonds is 5. The van der Waals surface area contributed by atoms with Gasteiger partial charge in [0.1, 0.15) is 11.6 Å². The zero-order valence-electron chi connectivity index (χ0n) is 11.9. The molecule has 0 bridgehead atoms. The van der Waals surface area contributed by atoms with Gasteiger partial charge in [0.2, 0.25) is 0 Å². The van der Waals surface area contributed by atoms with Crippen molar-refractivity contribution in [3.8, 4) is 5.75 Å². The van der Waals surface area contributed by atoms with Crippen molar-refractivity contribution in [2.45, 2.75) is 25.8 Å². The standard InChI is InChI=1S/C17H20FNO/c1-12-7-8-15(18)9-14(12)11-16(19)10-13-5-3-4-6-17(13)20-2/h3-9,16H,10-11,19H2,1-2H3. The molecule has 0 saturated carbocycles. The molecule has 0 aliphatic carbocycles. The van der Waals surface area contributed by atoms with E-state index in [1.807, 2.05) is 31.2 Å². The highest BCUT2D eigenvalue weighted by Gasteiger charge is 2.11. The number of methoxy groups -OCH3 is 1. The zero-order valence-corrected chi connectivity index (χ0v) is 11.9. The average Bonchev–Trinajstić information content (AvgIpc) is 2.43. The Kier molecular flexibility index (Phi) is 4.74. The average molecular weight is 273 g/mol. The molecule has 0 spiro atoms. The van der Waals surface area contributed by atoms with Gasteiger partial charge in [-0.15, -0.1) is 0 Å². The van der Waals surface area contributed by atoms with E-state index >= 15 is 0 Å². The third kappa shape index (κ3) is 3.58. The lowest BCUT2D eigenvalue weighted by atomic mass is 9.96. The van der Waals surface area contributed by atoms with Crippen molar-refractivity contribution in [3.63, 3.8) is 0 Å². The van der Waals surface area contributed by atoms with E-state index in [4.69, 9.17) is 10.5 Å². The summed E-state index contributed by atoms with van der Waals surface area (Å²) in [6, 6.07) is 12.6. The molecule has 2 aromatic carbocycles. The number of para-hydroxylation sites is 1. The number of halogens is 1. The predicted octanol–water partition coefficient (Wildman–Crippen LogP) is 3.26. The van der Waals surface area contributed by atoms with Gasteiger partial charge in [-0.2, -0.15) is 0 Å². The lowest BCUT2D eigenvalue weighted by molar-refractivity contribution is 0.407. The van der Waals surface area contributed by atoms with Crippen molar-refractivity contribution >= 4 is 0 Å². The summed E-state index contributed by atoms with van der Waals surface area (Å²) >= 11 is 0. The SMILES string of the molecule is COc1ccccc1CC(N)Cc1cc(F)ccc1C. The summed E-state index contributed by atoms with van der Waals surface area (Å²) in [5, 5.41) is 0. The normalized spacial score (nSPS) is 12.2. The van der Waals surface area contributed by atoms with Gasteiger partial charge in [0.15, 0.2) is 0 Å². The Hall–Kier alpha value is -1.87. The molecular weight excluding hydrogens is 253 g/mol. The van der Waals surface area contributed by atoms with Crippen LogP contribution in [-0.4, -0.2) is 13.2 Å². The van der Waals surface area contributed by atoms with Crippen molar-refractivity contribution in [3.05, 3.63) is 65.0 Å². The first-order valence-electron chi connectivity index (χ1n) is 6.72. The Balaban J connectivity index is 2.09. The van der Waals surface area contributed by atoms with Crippen LogP contribution in [0, 0.1) is 12.7 Å². The van der Waals surface area contributed by atoms with Crippen LogP contribution in [0.3, 0.4) is 0 Å². The number of aryl methyl sites for hydroxylation is 1. The largest absolute Gasteiger partial charge is 0.496 e. The van der Waals surface area contributed by atoms with Gasteiger partial charge in [-0.05, 0) is 54.7 Å². The van der Waals surface area contributed by atoms with Crippen LogP contribution in [0.25, 0.3) is 0 Å². The Bertz CT molecular complexity index is 583. The summed E-state index contributed by atoms with van der Waals surface area (Å²) in [7, 11) is 1.65. The fourth-order valence-electron chi connectivity index (χ4n) is 2.37. The van der Waals surface area contributed by atoms with Gasteiger partial charge in [-0.1, -0.05) is 24.3 Å². The van der Waals surface area contributed by atoms with E-state index in [9.17, 15) is 4.39 Å². The first kappa shape index (κ1) is 14.5. The number of nitrogens with two attached hydrogens (primary N) is 1. The molecule has 2 rings (SSSR count). The molecule has 0 saturated heterocycles. The summed E-state index contributed by atoms with van der Waals surface area (Å²) in [6.45, 7) is 1.98. The fraction of sp³-hybridized carbons (Fsp3) is 0.294. The van der Waals surface area contributed by atoms with E-state index in [1.165, 1.54) is 6.07 Å². The maximum Gasteiger partial charge on any atom is 0.123 e. The van der Waals surface area contributed by atoms with E-state index in [1.54, 1.807) is 19.2 Å². The predicted molar refractivity (Wildman–Crippen MR) is 79.5 cm³/mol. The summed E-state index contributed by atoms with van der Waals surface area (Å²) in [6.07, 6.45) is 1.36. The minimum atomic E-state index is -0.213. The Morgan fingerprint density at radius 3 is 2.55 bits per heavy atom. The lowest BCUT2D eigenvalue weighted by Gasteiger charge is -2.15. The second-order valence-electron chi connectivity index (χ2n) is 5.05. The highest BCUT2D eigenvalue weighted by molar-refractivity contribution is 5.34. The molecule has 2 nitrogen and oxygen atoms in total. The van der Waals surface area contributed by atoms with Crippen molar-refractivity contribution in [2.75, 3.05) is 7.11 Å². The van der Waals surface area contributed by atoms with E-state index in [-0.39, 0.29) is 11.9 Å².